The molecule has 0 aromatic heterocycles. The SMILES string of the molecule is O=C(NCC[C@H]1CCOC12CN(Cc1ccccc1Cl)C2)N1CCCC1. The smallest absolute Gasteiger partial charge is 0.317 e. The highest BCUT2D eigenvalue weighted by Crippen LogP contribution is 2.42. The zero-order valence-corrected chi connectivity index (χ0v) is 16.0. The molecule has 5 nitrogen and oxygen atoms in total. The second-order valence-corrected chi connectivity index (χ2v) is 8.26. The van der Waals surface area contributed by atoms with Crippen molar-refractivity contribution in [2.75, 3.05) is 39.3 Å². The number of carbonyl (C=O) groups excluding carboxylic acids is 1. The maximum atomic E-state index is 12.1. The minimum Gasteiger partial charge on any atom is -0.372 e. The number of urea groups is 1. The molecule has 1 spiro atoms. The van der Waals surface area contributed by atoms with Gasteiger partial charge < -0.3 is 15.0 Å². The third-order valence-electron chi connectivity index (χ3n) is 6.10. The minimum absolute atomic E-state index is 0.0143. The Morgan fingerprint density at radius 3 is 2.81 bits per heavy atom. The molecule has 0 unspecified atom stereocenters. The van der Waals surface area contributed by atoms with Gasteiger partial charge in [-0.2, -0.15) is 0 Å². The molecule has 1 aromatic carbocycles. The van der Waals surface area contributed by atoms with Gasteiger partial charge in [0.1, 0.15) is 0 Å². The van der Waals surface area contributed by atoms with E-state index in [-0.39, 0.29) is 11.6 Å². The minimum atomic E-state index is -0.0143. The first-order valence-electron chi connectivity index (χ1n) is 9.79. The van der Waals surface area contributed by atoms with Crippen molar-refractivity contribution in [3.8, 4) is 0 Å². The number of halogens is 1. The molecule has 3 aliphatic rings. The largest absolute Gasteiger partial charge is 0.372 e. The number of benzene rings is 1. The lowest BCUT2D eigenvalue weighted by Gasteiger charge is -2.50. The van der Waals surface area contributed by atoms with Gasteiger partial charge >= 0.3 is 6.03 Å². The lowest BCUT2D eigenvalue weighted by Crippen LogP contribution is -2.64. The van der Waals surface area contributed by atoms with Crippen LogP contribution in [0.15, 0.2) is 24.3 Å². The molecule has 6 heteroatoms. The Morgan fingerprint density at radius 2 is 2.04 bits per heavy atom. The molecule has 4 rings (SSSR count). The summed E-state index contributed by atoms with van der Waals surface area (Å²) in [6, 6.07) is 8.15. The van der Waals surface area contributed by atoms with Crippen LogP contribution in [-0.2, 0) is 11.3 Å². The average molecular weight is 378 g/mol. The predicted octanol–water partition coefficient (Wildman–Crippen LogP) is 3.13. The Morgan fingerprint density at radius 1 is 1.27 bits per heavy atom. The van der Waals surface area contributed by atoms with Crippen molar-refractivity contribution in [1.29, 1.82) is 0 Å². The lowest BCUT2D eigenvalue weighted by molar-refractivity contribution is -0.136. The van der Waals surface area contributed by atoms with Crippen LogP contribution in [0.3, 0.4) is 0 Å². The lowest BCUT2D eigenvalue weighted by atomic mass is 9.78. The normalized spacial score (nSPS) is 24.8. The van der Waals surface area contributed by atoms with Gasteiger partial charge in [-0.05, 0) is 43.2 Å². The van der Waals surface area contributed by atoms with Crippen LogP contribution < -0.4 is 5.32 Å². The van der Waals surface area contributed by atoms with Crippen molar-refractivity contribution in [3.05, 3.63) is 34.9 Å². The number of amides is 2. The number of nitrogens with one attached hydrogen (secondary N) is 1. The van der Waals surface area contributed by atoms with Crippen molar-refractivity contribution >= 4 is 17.6 Å². The number of carbonyl (C=O) groups is 1. The maximum absolute atomic E-state index is 12.1. The number of likely N-dealkylation sites (tertiary alicyclic amines) is 2. The number of hydrogen-bond donors (Lipinski definition) is 1. The van der Waals surface area contributed by atoms with Gasteiger partial charge in [-0.3, -0.25) is 4.90 Å². The van der Waals surface area contributed by atoms with Crippen LogP contribution in [0.5, 0.6) is 0 Å². The standard InChI is InChI=1S/C20H28ClN3O2/c21-18-6-2-1-5-16(18)13-23-14-20(15-23)17(8-12-26-20)7-9-22-19(25)24-10-3-4-11-24/h1-2,5-6,17H,3-4,7-15H2,(H,22,25)/t17-/m0/s1. The summed E-state index contributed by atoms with van der Waals surface area (Å²) in [6.07, 6.45) is 4.36. The third-order valence-corrected chi connectivity index (χ3v) is 6.47. The van der Waals surface area contributed by atoms with E-state index in [1.54, 1.807) is 0 Å². The molecule has 0 aliphatic carbocycles. The van der Waals surface area contributed by atoms with Crippen LogP contribution in [0.1, 0.15) is 31.2 Å². The summed E-state index contributed by atoms with van der Waals surface area (Å²) in [5.74, 6) is 0.531. The molecule has 0 bridgehead atoms. The number of ether oxygens (including phenoxy) is 1. The number of rotatable bonds is 5. The highest BCUT2D eigenvalue weighted by Gasteiger charge is 2.52. The number of hydrogen-bond acceptors (Lipinski definition) is 3. The molecule has 2 amide bonds. The highest BCUT2D eigenvalue weighted by molar-refractivity contribution is 6.31. The molecule has 3 saturated heterocycles. The Hall–Kier alpha value is -1.30. The molecule has 1 atom stereocenters. The average Bonchev–Trinajstić information content (AvgIpc) is 3.26. The summed E-state index contributed by atoms with van der Waals surface area (Å²) in [5.41, 5.74) is 1.16. The van der Waals surface area contributed by atoms with E-state index >= 15 is 0 Å². The fourth-order valence-corrected chi connectivity index (χ4v) is 4.81. The zero-order chi connectivity index (χ0) is 18.0. The van der Waals surface area contributed by atoms with Crippen LogP contribution in [0.25, 0.3) is 0 Å². The van der Waals surface area contributed by atoms with E-state index < -0.39 is 0 Å². The maximum Gasteiger partial charge on any atom is 0.317 e. The van der Waals surface area contributed by atoms with Crippen LogP contribution in [0.4, 0.5) is 4.79 Å². The van der Waals surface area contributed by atoms with Gasteiger partial charge in [0.25, 0.3) is 0 Å². The van der Waals surface area contributed by atoms with Crippen molar-refractivity contribution in [1.82, 2.24) is 15.1 Å². The molecule has 26 heavy (non-hydrogen) atoms. The summed E-state index contributed by atoms with van der Waals surface area (Å²) in [5, 5.41) is 3.93. The summed E-state index contributed by atoms with van der Waals surface area (Å²) in [4.78, 5) is 16.4. The Balaban J connectivity index is 1.24. The van der Waals surface area contributed by atoms with Gasteiger partial charge in [0.05, 0.1) is 5.60 Å². The predicted molar refractivity (Wildman–Crippen MR) is 102 cm³/mol. The molecular weight excluding hydrogens is 350 g/mol. The molecule has 3 aliphatic heterocycles. The van der Waals surface area contributed by atoms with Crippen molar-refractivity contribution in [2.45, 2.75) is 37.8 Å². The summed E-state index contributed by atoms with van der Waals surface area (Å²) < 4.78 is 6.15. The fraction of sp³-hybridized carbons (Fsp3) is 0.650. The first kappa shape index (κ1) is 18.1. The summed E-state index contributed by atoms with van der Waals surface area (Å²) in [7, 11) is 0. The topological polar surface area (TPSA) is 44.8 Å². The van der Waals surface area contributed by atoms with Crippen molar-refractivity contribution in [2.24, 2.45) is 5.92 Å². The van der Waals surface area contributed by atoms with E-state index in [1.807, 2.05) is 23.1 Å². The van der Waals surface area contributed by atoms with Crippen LogP contribution in [0, 0.1) is 5.92 Å². The van der Waals surface area contributed by atoms with Gasteiger partial charge in [-0.15, -0.1) is 0 Å². The van der Waals surface area contributed by atoms with Crippen molar-refractivity contribution < 1.29 is 9.53 Å². The van der Waals surface area contributed by atoms with Gasteiger partial charge in [0, 0.05) is 50.9 Å². The van der Waals surface area contributed by atoms with E-state index in [1.165, 1.54) is 5.56 Å². The molecular formula is C20H28ClN3O2. The molecule has 3 fully saturated rings. The monoisotopic (exact) mass is 377 g/mol. The third kappa shape index (κ3) is 3.71. The van der Waals surface area contributed by atoms with Crippen LogP contribution >= 0.6 is 11.6 Å². The zero-order valence-electron chi connectivity index (χ0n) is 15.3. The molecule has 3 heterocycles. The molecule has 0 radical (unpaired) electrons. The van der Waals surface area contributed by atoms with Gasteiger partial charge in [-0.1, -0.05) is 29.8 Å². The molecule has 1 aromatic rings. The van der Waals surface area contributed by atoms with E-state index in [0.29, 0.717) is 5.92 Å². The van der Waals surface area contributed by atoms with E-state index in [9.17, 15) is 4.79 Å². The van der Waals surface area contributed by atoms with Gasteiger partial charge in [-0.25, -0.2) is 4.79 Å². The molecule has 0 saturated carbocycles. The first-order chi connectivity index (χ1) is 12.7. The quantitative estimate of drug-likeness (QED) is 0.857. The molecule has 1 N–H and O–H groups in total. The van der Waals surface area contributed by atoms with E-state index in [2.05, 4.69) is 16.3 Å². The molecule has 142 valence electrons. The first-order valence-corrected chi connectivity index (χ1v) is 10.2. The Kier molecular flexibility index (Phi) is 5.39. The number of nitrogens with zero attached hydrogens (tertiary/aromatic N) is 2. The van der Waals surface area contributed by atoms with Crippen LogP contribution in [-0.4, -0.2) is 60.8 Å². The fourth-order valence-electron chi connectivity index (χ4n) is 4.62. The van der Waals surface area contributed by atoms with Gasteiger partial charge in [0.2, 0.25) is 0 Å². The van der Waals surface area contributed by atoms with Crippen molar-refractivity contribution in [3.63, 3.8) is 0 Å². The summed E-state index contributed by atoms with van der Waals surface area (Å²) in [6.45, 7) is 6.19. The second-order valence-electron chi connectivity index (χ2n) is 7.85. The second kappa shape index (κ2) is 7.75. The van der Waals surface area contributed by atoms with E-state index in [0.717, 1.165) is 76.6 Å². The van der Waals surface area contributed by atoms with Crippen LogP contribution in [0.2, 0.25) is 5.02 Å². The Labute approximate surface area is 160 Å². The summed E-state index contributed by atoms with van der Waals surface area (Å²) >= 11 is 6.28. The highest BCUT2D eigenvalue weighted by atomic mass is 35.5. The Bertz CT molecular complexity index is 642. The van der Waals surface area contributed by atoms with Gasteiger partial charge in [0.15, 0.2) is 0 Å². The van der Waals surface area contributed by atoms with E-state index in [4.69, 9.17) is 16.3 Å².